The lowest BCUT2D eigenvalue weighted by molar-refractivity contribution is 0.140. The Morgan fingerprint density at radius 3 is 2.40 bits per heavy atom. The quantitative estimate of drug-likeness (QED) is 0.839. The van der Waals surface area contributed by atoms with Gasteiger partial charge < -0.3 is 14.8 Å². The minimum atomic E-state index is -0.0190. The molecule has 162 valence electrons. The minimum absolute atomic E-state index is 0.0190. The topological polar surface area (TPSA) is 66.3 Å². The molecule has 4 rings (SSSR count). The average Bonchev–Trinajstić information content (AvgIpc) is 2.94. The van der Waals surface area contributed by atoms with Gasteiger partial charge in [0, 0.05) is 44.8 Å². The van der Waals surface area contributed by atoms with Crippen molar-refractivity contribution in [3.8, 4) is 0 Å². The zero-order chi connectivity index (χ0) is 21.1. The maximum atomic E-state index is 12.7. The van der Waals surface area contributed by atoms with Crippen molar-refractivity contribution >= 4 is 11.7 Å². The number of piperazine rings is 1. The molecule has 7 heteroatoms. The number of carbonyl (C=O) groups is 1. The van der Waals surface area contributed by atoms with E-state index in [0.717, 1.165) is 63.0 Å². The molecule has 0 bridgehead atoms. The lowest BCUT2D eigenvalue weighted by Gasteiger charge is -2.34. The van der Waals surface area contributed by atoms with Crippen LogP contribution in [0.5, 0.6) is 0 Å². The number of aromatic nitrogens is 3. The number of hydrogen-bond acceptors (Lipinski definition) is 4. The van der Waals surface area contributed by atoms with Crippen LogP contribution in [0.1, 0.15) is 57.2 Å². The summed E-state index contributed by atoms with van der Waals surface area (Å²) in [7, 11) is 0. The maximum Gasteiger partial charge on any atom is 0.321 e. The largest absolute Gasteiger partial charge is 0.322 e. The summed E-state index contributed by atoms with van der Waals surface area (Å²) in [5.74, 6) is 2.21. The summed E-state index contributed by atoms with van der Waals surface area (Å²) in [6.45, 7) is 11.6. The van der Waals surface area contributed by atoms with E-state index < -0.39 is 0 Å². The van der Waals surface area contributed by atoms with Crippen molar-refractivity contribution in [3.05, 3.63) is 41.5 Å². The highest BCUT2D eigenvalue weighted by Gasteiger charge is 2.24. The smallest absolute Gasteiger partial charge is 0.321 e. The van der Waals surface area contributed by atoms with Crippen LogP contribution in [0.15, 0.2) is 24.3 Å². The third-order valence-electron chi connectivity index (χ3n) is 6.21. The van der Waals surface area contributed by atoms with Crippen molar-refractivity contribution in [1.29, 1.82) is 0 Å². The van der Waals surface area contributed by atoms with Crippen LogP contribution in [0.25, 0.3) is 0 Å². The van der Waals surface area contributed by atoms with Gasteiger partial charge in [0.1, 0.15) is 11.6 Å². The van der Waals surface area contributed by atoms with Crippen molar-refractivity contribution in [2.75, 3.05) is 31.5 Å². The van der Waals surface area contributed by atoms with Gasteiger partial charge in [0.15, 0.2) is 0 Å². The Morgan fingerprint density at radius 2 is 1.70 bits per heavy atom. The van der Waals surface area contributed by atoms with E-state index in [4.69, 9.17) is 0 Å². The van der Waals surface area contributed by atoms with Gasteiger partial charge in [0.05, 0.1) is 6.54 Å². The Kier molecular flexibility index (Phi) is 6.09. The van der Waals surface area contributed by atoms with Gasteiger partial charge in [-0.1, -0.05) is 39.3 Å². The highest BCUT2D eigenvalue weighted by atomic mass is 16.2. The number of aryl methyl sites for hydroxylation is 1. The number of nitrogens with zero attached hydrogens (tertiary/aromatic N) is 5. The SMILES string of the molecule is CC(C)(C)c1ccc(NC(=O)N2CCN(Cc3nnc4n3CCCCC4)CC2)cc1. The van der Waals surface area contributed by atoms with Gasteiger partial charge in [-0.05, 0) is 36.0 Å². The number of hydrogen-bond donors (Lipinski definition) is 1. The first-order valence-corrected chi connectivity index (χ1v) is 11.2. The van der Waals surface area contributed by atoms with Gasteiger partial charge in [-0.25, -0.2) is 4.79 Å². The second kappa shape index (κ2) is 8.76. The number of nitrogens with one attached hydrogen (secondary N) is 1. The number of carbonyl (C=O) groups excluding carboxylic acids is 1. The van der Waals surface area contributed by atoms with E-state index in [9.17, 15) is 4.79 Å². The maximum absolute atomic E-state index is 12.7. The Balaban J connectivity index is 1.28. The molecule has 0 spiro atoms. The van der Waals surface area contributed by atoms with Crippen LogP contribution in [0.3, 0.4) is 0 Å². The van der Waals surface area contributed by atoms with Gasteiger partial charge >= 0.3 is 6.03 Å². The monoisotopic (exact) mass is 410 g/mol. The van der Waals surface area contributed by atoms with Gasteiger partial charge in [-0.3, -0.25) is 4.90 Å². The summed E-state index contributed by atoms with van der Waals surface area (Å²) in [6, 6.07) is 8.15. The van der Waals surface area contributed by atoms with Crippen LogP contribution < -0.4 is 5.32 Å². The van der Waals surface area contributed by atoms with Gasteiger partial charge in [-0.15, -0.1) is 10.2 Å². The summed E-state index contributed by atoms with van der Waals surface area (Å²) < 4.78 is 2.31. The Hall–Kier alpha value is -2.41. The number of amides is 2. The molecule has 1 fully saturated rings. The van der Waals surface area contributed by atoms with E-state index in [0.29, 0.717) is 0 Å². The van der Waals surface area contributed by atoms with Crippen LogP contribution in [-0.2, 0) is 24.9 Å². The Bertz CT molecular complexity index is 859. The zero-order valence-electron chi connectivity index (χ0n) is 18.5. The molecule has 0 atom stereocenters. The van der Waals surface area contributed by atoms with Gasteiger partial charge in [0.2, 0.25) is 0 Å². The normalized spacial score (nSPS) is 18.0. The van der Waals surface area contributed by atoms with Crippen molar-refractivity contribution in [2.45, 2.75) is 65.0 Å². The van der Waals surface area contributed by atoms with Crippen LogP contribution >= 0.6 is 0 Å². The van der Waals surface area contributed by atoms with E-state index in [1.807, 2.05) is 17.0 Å². The third-order valence-corrected chi connectivity index (χ3v) is 6.21. The van der Waals surface area contributed by atoms with E-state index in [1.54, 1.807) is 0 Å². The Morgan fingerprint density at radius 1 is 0.967 bits per heavy atom. The van der Waals surface area contributed by atoms with E-state index >= 15 is 0 Å². The summed E-state index contributed by atoms with van der Waals surface area (Å²) in [5, 5.41) is 11.9. The van der Waals surface area contributed by atoms with Crippen molar-refractivity contribution in [1.82, 2.24) is 24.6 Å². The molecule has 1 aromatic carbocycles. The zero-order valence-corrected chi connectivity index (χ0v) is 18.5. The predicted molar refractivity (Wildman–Crippen MR) is 119 cm³/mol. The number of urea groups is 1. The number of benzene rings is 1. The molecule has 0 saturated carbocycles. The first-order valence-electron chi connectivity index (χ1n) is 11.2. The standard InChI is InChI=1S/C23H34N6O/c1-23(2,3)18-8-10-19(11-9-18)24-22(30)28-15-13-27(14-16-28)17-21-26-25-20-7-5-4-6-12-29(20)21/h8-11H,4-7,12-17H2,1-3H3,(H,24,30). The lowest BCUT2D eigenvalue weighted by Crippen LogP contribution is -2.49. The molecular formula is C23H34N6O. The Labute approximate surface area is 179 Å². The fourth-order valence-corrected chi connectivity index (χ4v) is 4.23. The molecule has 1 N–H and O–H groups in total. The molecule has 0 aliphatic carbocycles. The summed E-state index contributed by atoms with van der Waals surface area (Å²) in [6.07, 6.45) is 4.74. The van der Waals surface area contributed by atoms with E-state index in [2.05, 4.69) is 57.9 Å². The average molecular weight is 411 g/mol. The summed E-state index contributed by atoms with van der Waals surface area (Å²) in [4.78, 5) is 17.0. The lowest BCUT2D eigenvalue weighted by atomic mass is 9.87. The van der Waals surface area contributed by atoms with E-state index in [-0.39, 0.29) is 11.4 Å². The molecule has 1 aromatic heterocycles. The predicted octanol–water partition coefficient (Wildman–Crippen LogP) is 3.65. The first-order chi connectivity index (χ1) is 14.4. The summed E-state index contributed by atoms with van der Waals surface area (Å²) in [5.41, 5.74) is 2.23. The van der Waals surface area contributed by atoms with Crippen molar-refractivity contribution in [3.63, 3.8) is 0 Å². The second-order valence-electron chi connectivity index (χ2n) is 9.52. The number of fused-ring (bicyclic) bond motifs is 1. The third kappa shape index (κ3) is 4.83. The second-order valence-corrected chi connectivity index (χ2v) is 9.52. The fraction of sp³-hybridized carbons (Fsp3) is 0.609. The highest BCUT2D eigenvalue weighted by molar-refractivity contribution is 5.89. The molecule has 2 aliphatic heterocycles. The molecular weight excluding hydrogens is 376 g/mol. The first kappa shape index (κ1) is 20.8. The van der Waals surface area contributed by atoms with Crippen LogP contribution in [0, 0.1) is 0 Å². The molecule has 2 amide bonds. The fourth-order valence-electron chi connectivity index (χ4n) is 4.23. The number of rotatable bonds is 3. The molecule has 7 nitrogen and oxygen atoms in total. The van der Waals surface area contributed by atoms with Gasteiger partial charge in [-0.2, -0.15) is 0 Å². The van der Waals surface area contributed by atoms with Gasteiger partial charge in [0.25, 0.3) is 0 Å². The number of anilines is 1. The van der Waals surface area contributed by atoms with Crippen LogP contribution in [0.4, 0.5) is 10.5 Å². The summed E-state index contributed by atoms with van der Waals surface area (Å²) >= 11 is 0. The van der Waals surface area contributed by atoms with Crippen LogP contribution in [0.2, 0.25) is 0 Å². The highest BCUT2D eigenvalue weighted by Crippen LogP contribution is 2.23. The van der Waals surface area contributed by atoms with Crippen molar-refractivity contribution < 1.29 is 4.79 Å². The molecule has 2 aliphatic rings. The van der Waals surface area contributed by atoms with E-state index in [1.165, 1.54) is 24.8 Å². The molecule has 3 heterocycles. The minimum Gasteiger partial charge on any atom is -0.322 e. The molecule has 0 unspecified atom stereocenters. The van der Waals surface area contributed by atoms with Crippen molar-refractivity contribution in [2.24, 2.45) is 0 Å². The van der Waals surface area contributed by atoms with Crippen LogP contribution in [-0.4, -0.2) is 56.8 Å². The molecule has 30 heavy (non-hydrogen) atoms. The molecule has 1 saturated heterocycles. The molecule has 2 aromatic rings. The molecule has 0 radical (unpaired) electrons.